The second-order valence-corrected chi connectivity index (χ2v) is 4.99. The predicted molar refractivity (Wildman–Crippen MR) is 77.3 cm³/mol. The summed E-state index contributed by atoms with van der Waals surface area (Å²) in [7, 11) is 0. The molecule has 0 radical (unpaired) electrons. The Hall–Kier alpha value is -2.48. The fraction of sp³-hybridized carbons (Fsp3) is 0.333. The van der Waals surface area contributed by atoms with Gasteiger partial charge >= 0.3 is 0 Å². The van der Waals surface area contributed by atoms with E-state index in [1.807, 2.05) is 45.0 Å². The van der Waals surface area contributed by atoms with Crippen LogP contribution in [0, 0.1) is 18.3 Å². The molecule has 0 saturated carbocycles. The summed E-state index contributed by atoms with van der Waals surface area (Å²) in [6, 6.07) is 10.1. The van der Waals surface area contributed by atoms with Crippen LogP contribution in [0.5, 0.6) is 5.88 Å². The van der Waals surface area contributed by atoms with Crippen molar-refractivity contribution >= 4 is 5.82 Å². The first-order valence-electron chi connectivity index (χ1n) is 6.49. The molecule has 0 spiro atoms. The van der Waals surface area contributed by atoms with Gasteiger partial charge in [-0.1, -0.05) is 29.8 Å². The largest absolute Gasteiger partial charge is 0.471 e. The quantitative estimate of drug-likeness (QED) is 0.926. The van der Waals surface area contributed by atoms with Crippen molar-refractivity contribution in [3.05, 3.63) is 41.0 Å². The van der Waals surface area contributed by atoms with E-state index in [1.165, 1.54) is 5.56 Å². The number of aromatic nitrogens is 2. The van der Waals surface area contributed by atoms with Gasteiger partial charge in [0.15, 0.2) is 5.56 Å². The van der Waals surface area contributed by atoms with Crippen LogP contribution < -0.4 is 10.5 Å². The van der Waals surface area contributed by atoms with E-state index in [4.69, 9.17) is 10.5 Å². The smallest absolute Gasteiger partial charge is 0.253 e. The molecule has 0 aliphatic heterocycles. The van der Waals surface area contributed by atoms with Crippen LogP contribution in [-0.2, 0) is 6.61 Å². The number of hydrogen-bond donors (Lipinski definition) is 1. The van der Waals surface area contributed by atoms with Crippen molar-refractivity contribution in [1.82, 2.24) is 9.78 Å². The molecule has 0 aliphatic carbocycles. The molecular weight excluding hydrogens is 252 g/mol. The first kappa shape index (κ1) is 13.9. The van der Waals surface area contributed by atoms with Gasteiger partial charge in [-0.15, -0.1) is 5.10 Å². The molecule has 0 atom stereocenters. The Balaban J connectivity index is 2.22. The third-order valence-electron chi connectivity index (χ3n) is 2.97. The van der Waals surface area contributed by atoms with Crippen LogP contribution in [0.4, 0.5) is 5.82 Å². The molecule has 2 N–H and O–H groups in total. The van der Waals surface area contributed by atoms with Crippen LogP contribution in [0.25, 0.3) is 0 Å². The van der Waals surface area contributed by atoms with Crippen LogP contribution in [0.3, 0.4) is 0 Å². The molecule has 2 aromatic rings. The molecule has 104 valence electrons. The maximum absolute atomic E-state index is 9.17. The summed E-state index contributed by atoms with van der Waals surface area (Å²) in [6.45, 7) is 6.30. The lowest BCUT2D eigenvalue weighted by Gasteiger charge is -2.06. The molecule has 5 heteroatoms. The highest BCUT2D eigenvalue weighted by atomic mass is 16.5. The van der Waals surface area contributed by atoms with E-state index < -0.39 is 0 Å². The van der Waals surface area contributed by atoms with Gasteiger partial charge in [-0.2, -0.15) is 5.26 Å². The molecule has 0 unspecified atom stereocenters. The van der Waals surface area contributed by atoms with Crippen LogP contribution in [0.1, 0.15) is 36.6 Å². The maximum Gasteiger partial charge on any atom is 0.253 e. The Labute approximate surface area is 118 Å². The normalized spacial score (nSPS) is 10.6. The fourth-order valence-corrected chi connectivity index (χ4v) is 1.98. The summed E-state index contributed by atoms with van der Waals surface area (Å²) >= 11 is 0. The minimum atomic E-state index is 0.0819. The number of benzene rings is 1. The molecule has 1 heterocycles. The van der Waals surface area contributed by atoms with E-state index in [9.17, 15) is 5.26 Å². The molecule has 5 nitrogen and oxygen atoms in total. The standard InChI is InChI=1S/C15H18N4O/c1-10(2)19-14(17)13(8-16)15(18-19)20-9-12-6-4-5-11(3)7-12/h4-7,10H,9,17H2,1-3H3. The molecule has 20 heavy (non-hydrogen) atoms. The number of nitriles is 1. The molecule has 1 aromatic carbocycles. The van der Waals surface area contributed by atoms with E-state index in [-0.39, 0.29) is 6.04 Å². The van der Waals surface area contributed by atoms with Crippen LogP contribution >= 0.6 is 0 Å². The van der Waals surface area contributed by atoms with Crippen molar-refractivity contribution in [3.8, 4) is 11.9 Å². The number of nitrogens with two attached hydrogens (primary N) is 1. The topological polar surface area (TPSA) is 76.9 Å². The van der Waals surface area contributed by atoms with Crippen molar-refractivity contribution in [2.24, 2.45) is 0 Å². The van der Waals surface area contributed by atoms with Gasteiger partial charge in [0.1, 0.15) is 18.5 Å². The maximum atomic E-state index is 9.17. The highest BCUT2D eigenvalue weighted by molar-refractivity contribution is 5.55. The second-order valence-electron chi connectivity index (χ2n) is 4.99. The summed E-state index contributed by atoms with van der Waals surface area (Å²) < 4.78 is 7.25. The van der Waals surface area contributed by atoms with Crippen LogP contribution in [0.2, 0.25) is 0 Å². The van der Waals surface area contributed by atoms with Crippen molar-refractivity contribution in [2.45, 2.75) is 33.4 Å². The van der Waals surface area contributed by atoms with Gasteiger partial charge in [0.05, 0.1) is 0 Å². The number of hydrogen-bond acceptors (Lipinski definition) is 4. The average Bonchev–Trinajstić information content (AvgIpc) is 2.73. The zero-order chi connectivity index (χ0) is 14.7. The second kappa shape index (κ2) is 5.66. The number of anilines is 1. The third-order valence-corrected chi connectivity index (χ3v) is 2.97. The van der Waals surface area contributed by atoms with Gasteiger partial charge < -0.3 is 10.5 Å². The van der Waals surface area contributed by atoms with Crippen molar-refractivity contribution in [2.75, 3.05) is 5.73 Å². The molecule has 0 aliphatic rings. The number of nitrogen functional groups attached to an aromatic ring is 1. The average molecular weight is 270 g/mol. The Morgan fingerprint density at radius 2 is 2.20 bits per heavy atom. The van der Waals surface area contributed by atoms with Gasteiger partial charge in [0.2, 0.25) is 0 Å². The van der Waals surface area contributed by atoms with E-state index in [0.717, 1.165) is 5.56 Å². The summed E-state index contributed by atoms with van der Waals surface area (Å²) in [4.78, 5) is 0. The van der Waals surface area contributed by atoms with Gasteiger partial charge in [-0.3, -0.25) is 0 Å². The van der Waals surface area contributed by atoms with Crippen LogP contribution in [-0.4, -0.2) is 9.78 Å². The van der Waals surface area contributed by atoms with E-state index in [2.05, 4.69) is 11.2 Å². The summed E-state index contributed by atoms with van der Waals surface area (Å²) in [5.41, 5.74) is 8.40. The fourth-order valence-electron chi connectivity index (χ4n) is 1.98. The SMILES string of the molecule is Cc1cccc(COc2nn(C(C)C)c(N)c2C#N)c1. The lowest BCUT2D eigenvalue weighted by Crippen LogP contribution is -2.07. The van der Waals surface area contributed by atoms with Gasteiger partial charge in [-0.25, -0.2) is 4.68 Å². The monoisotopic (exact) mass is 270 g/mol. The molecule has 2 rings (SSSR count). The van der Waals surface area contributed by atoms with Gasteiger partial charge in [0.25, 0.3) is 5.88 Å². The lowest BCUT2D eigenvalue weighted by molar-refractivity contribution is 0.287. The van der Waals surface area contributed by atoms with Gasteiger partial charge in [0, 0.05) is 6.04 Å². The minimum Gasteiger partial charge on any atom is -0.471 e. The Morgan fingerprint density at radius 3 is 2.80 bits per heavy atom. The zero-order valence-electron chi connectivity index (χ0n) is 11.9. The van der Waals surface area contributed by atoms with Crippen molar-refractivity contribution in [1.29, 1.82) is 5.26 Å². The van der Waals surface area contributed by atoms with Crippen molar-refractivity contribution in [3.63, 3.8) is 0 Å². The summed E-state index contributed by atoms with van der Waals surface area (Å²) in [6.07, 6.45) is 0. The first-order valence-corrected chi connectivity index (χ1v) is 6.49. The molecule has 0 saturated heterocycles. The molecule has 0 fully saturated rings. The summed E-state index contributed by atoms with van der Waals surface area (Å²) in [5.74, 6) is 0.641. The molecular formula is C15H18N4O. The number of nitrogens with zero attached hydrogens (tertiary/aromatic N) is 3. The highest BCUT2D eigenvalue weighted by Gasteiger charge is 2.18. The van der Waals surface area contributed by atoms with Crippen LogP contribution in [0.15, 0.2) is 24.3 Å². The lowest BCUT2D eigenvalue weighted by atomic mass is 10.1. The molecule has 1 aromatic heterocycles. The summed E-state index contributed by atoms with van der Waals surface area (Å²) in [5, 5.41) is 13.4. The number of aryl methyl sites for hydroxylation is 1. The Kier molecular flexibility index (Phi) is 3.94. The Bertz CT molecular complexity index is 652. The number of ether oxygens (including phenoxy) is 1. The molecule has 0 bridgehead atoms. The molecule has 0 amide bonds. The minimum absolute atomic E-state index is 0.0819. The van der Waals surface area contributed by atoms with E-state index in [1.54, 1.807) is 4.68 Å². The van der Waals surface area contributed by atoms with E-state index >= 15 is 0 Å². The highest BCUT2D eigenvalue weighted by Crippen LogP contribution is 2.26. The van der Waals surface area contributed by atoms with Crippen molar-refractivity contribution < 1.29 is 4.74 Å². The number of rotatable bonds is 4. The van der Waals surface area contributed by atoms with Gasteiger partial charge in [-0.05, 0) is 26.3 Å². The van der Waals surface area contributed by atoms with E-state index in [0.29, 0.717) is 23.9 Å². The predicted octanol–water partition coefficient (Wildman–Crippen LogP) is 2.81. The Morgan fingerprint density at radius 1 is 1.45 bits per heavy atom. The first-order chi connectivity index (χ1) is 9.52. The third kappa shape index (κ3) is 2.75. The zero-order valence-corrected chi connectivity index (χ0v) is 11.9.